The van der Waals surface area contributed by atoms with Gasteiger partial charge in [0.25, 0.3) is 0 Å². The number of rotatable bonds is 0. The Balaban J connectivity index is 2.22. The molecule has 1 fully saturated rings. The van der Waals surface area contributed by atoms with Crippen LogP contribution in [0.2, 0.25) is 0 Å². The number of benzene rings is 1. The van der Waals surface area contributed by atoms with E-state index in [1.807, 2.05) is 12.1 Å². The maximum Gasteiger partial charge on any atom is 0.166 e. The van der Waals surface area contributed by atoms with Gasteiger partial charge in [-0.25, -0.2) is 0 Å². The second kappa shape index (κ2) is 2.22. The van der Waals surface area contributed by atoms with E-state index in [9.17, 15) is 4.79 Å². The van der Waals surface area contributed by atoms with Gasteiger partial charge in [0, 0.05) is 11.5 Å². The van der Waals surface area contributed by atoms with Crippen LogP contribution < -0.4 is 0 Å². The molecule has 1 saturated carbocycles. The fourth-order valence-electron chi connectivity index (χ4n) is 2.55. The predicted molar refractivity (Wildman–Crippen MR) is 51.0 cm³/mol. The summed E-state index contributed by atoms with van der Waals surface area (Å²) in [6.45, 7) is 2.09. The van der Waals surface area contributed by atoms with Crippen molar-refractivity contribution in [1.82, 2.24) is 0 Å². The Hall–Kier alpha value is -1.11. The number of hydrogen-bond acceptors (Lipinski definition) is 1. The van der Waals surface area contributed by atoms with E-state index in [4.69, 9.17) is 0 Å². The maximum absolute atomic E-state index is 11.8. The highest BCUT2D eigenvalue weighted by Crippen LogP contribution is 2.49. The molecule has 3 aliphatic rings. The summed E-state index contributed by atoms with van der Waals surface area (Å²) < 4.78 is 0. The quantitative estimate of drug-likeness (QED) is 0.588. The first-order valence-corrected chi connectivity index (χ1v) is 4.90. The van der Waals surface area contributed by atoms with Crippen molar-refractivity contribution in [1.29, 1.82) is 0 Å². The highest BCUT2D eigenvalue weighted by Gasteiger charge is 2.42. The number of aryl methyl sites for hydroxylation is 1. The van der Waals surface area contributed by atoms with Crippen LogP contribution in [0.4, 0.5) is 0 Å². The van der Waals surface area contributed by atoms with Crippen molar-refractivity contribution in [2.24, 2.45) is 5.92 Å². The van der Waals surface area contributed by atoms with Gasteiger partial charge in [0.15, 0.2) is 5.78 Å². The van der Waals surface area contributed by atoms with Gasteiger partial charge in [-0.2, -0.15) is 0 Å². The number of ketones is 1. The van der Waals surface area contributed by atoms with Crippen LogP contribution in [0.25, 0.3) is 0 Å². The highest BCUT2D eigenvalue weighted by atomic mass is 16.1. The lowest BCUT2D eigenvalue weighted by Gasteiger charge is -2.41. The lowest BCUT2D eigenvalue weighted by atomic mass is 9.62. The number of carbonyl (C=O) groups excluding carboxylic acids is 1. The summed E-state index contributed by atoms with van der Waals surface area (Å²) in [7, 11) is 0. The molecule has 1 aromatic rings. The normalized spacial score (nSPS) is 29.5. The van der Waals surface area contributed by atoms with Crippen molar-refractivity contribution < 1.29 is 4.79 Å². The third-order valence-corrected chi connectivity index (χ3v) is 3.42. The van der Waals surface area contributed by atoms with E-state index in [0.717, 1.165) is 18.4 Å². The largest absolute Gasteiger partial charge is 0.294 e. The fourth-order valence-corrected chi connectivity index (χ4v) is 2.55. The van der Waals surface area contributed by atoms with Gasteiger partial charge < -0.3 is 0 Å². The Labute approximate surface area is 77.8 Å². The maximum atomic E-state index is 11.8. The summed E-state index contributed by atoms with van der Waals surface area (Å²) in [4.78, 5) is 11.8. The Kier molecular flexibility index (Phi) is 1.25. The van der Waals surface area contributed by atoms with Crippen molar-refractivity contribution in [3.8, 4) is 0 Å². The van der Waals surface area contributed by atoms with E-state index >= 15 is 0 Å². The molecule has 0 amide bonds. The molecule has 0 aromatic heterocycles. The molecule has 0 aliphatic heterocycles. The molecule has 0 heterocycles. The molecule has 0 N–H and O–H groups in total. The molecule has 13 heavy (non-hydrogen) atoms. The summed E-state index contributed by atoms with van der Waals surface area (Å²) in [5.74, 6) is 1.44. The molecule has 3 aliphatic carbocycles. The fraction of sp³-hybridized carbons (Fsp3) is 0.417. The zero-order valence-electron chi connectivity index (χ0n) is 7.71. The van der Waals surface area contributed by atoms with Crippen LogP contribution in [0.5, 0.6) is 0 Å². The lowest BCUT2D eigenvalue weighted by Crippen LogP contribution is -2.36. The zero-order chi connectivity index (χ0) is 9.00. The molecule has 2 bridgehead atoms. The van der Waals surface area contributed by atoms with Crippen LogP contribution in [-0.4, -0.2) is 5.78 Å². The first kappa shape index (κ1) is 7.31. The van der Waals surface area contributed by atoms with Crippen LogP contribution in [-0.2, 0) is 0 Å². The third-order valence-electron chi connectivity index (χ3n) is 3.42. The van der Waals surface area contributed by atoms with Crippen molar-refractivity contribution >= 4 is 5.78 Å². The summed E-state index contributed by atoms with van der Waals surface area (Å²) >= 11 is 0. The standard InChI is InChI=1S/C12H12O/c1-7-2-3-10-11(4-7)8-5-9(6-8)12(10)13/h2-4,8-9H,5-6H2,1H3. The summed E-state index contributed by atoms with van der Waals surface area (Å²) in [6.07, 6.45) is 2.21. The van der Waals surface area contributed by atoms with Gasteiger partial charge in [-0.3, -0.25) is 4.79 Å². The average molecular weight is 172 g/mol. The van der Waals surface area contributed by atoms with Crippen LogP contribution in [0, 0.1) is 12.8 Å². The highest BCUT2D eigenvalue weighted by molar-refractivity contribution is 6.02. The van der Waals surface area contributed by atoms with Crippen LogP contribution in [0.1, 0.15) is 40.2 Å². The first-order chi connectivity index (χ1) is 6.25. The number of hydrogen-bond donors (Lipinski definition) is 0. The van der Waals surface area contributed by atoms with E-state index in [0.29, 0.717) is 17.6 Å². The van der Waals surface area contributed by atoms with E-state index in [1.165, 1.54) is 11.1 Å². The molecule has 1 nitrogen and oxygen atoms in total. The monoisotopic (exact) mass is 172 g/mol. The molecule has 4 rings (SSSR count). The SMILES string of the molecule is Cc1ccc2c(c1)C1CC(C1)C2=O. The van der Waals surface area contributed by atoms with Gasteiger partial charge in [-0.05, 0) is 31.2 Å². The van der Waals surface area contributed by atoms with E-state index in [1.54, 1.807) is 0 Å². The van der Waals surface area contributed by atoms with Crippen molar-refractivity contribution in [2.75, 3.05) is 0 Å². The second-order valence-electron chi connectivity index (χ2n) is 4.32. The average Bonchev–Trinajstić information content (AvgIpc) is 2.00. The third kappa shape index (κ3) is 0.846. The molecule has 66 valence electrons. The van der Waals surface area contributed by atoms with Gasteiger partial charge in [0.05, 0.1) is 0 Å². The number of Topliss-reactive ketones (excluding diaryl/α,β-unsaturated/α-hetero) is 1. The van der Waals surface area contributed by atoms with Crippen LogP contribution in [0.15, 0.2) is 18.2 Å². The smallest absolute Gasteiger partial charge is 0.166 e. The summed E-state index contributed by atoms with van der Waals surface area (Å²) in [6, 6.07) is 6.24. The second-order valence-corrected chi connectivity index (χ2v) is 4.32. The molecule has 1 aromatic carbocycles. The molecule has 0 radical (unpaired) electrons. The molecule has 0 atom stereocenters. The van der Waals surface area contributed by atoms with Gasteiger partial charge in [-0.1, -0.05) is 23.8 Å². The van der Waals surface area contributed by atoms with Gasteiger partial charge in [0.2, 0.25) is 0 Å². The topological polar surface area (TPSA) is 17.1 Å². The molecule has 0 saturated heterocycles. The molecule has 1 heteroatoms. The van der Waals surface area contributed by atoms with Gasteiger partial charge >= 0.3 is 0 Å². The van der Waals surface area contributed by atoms with Gasteiger partial charge in [0.1, 0.15) is 0 Å². The Bertz CT molecular complexity index is 386. The van der Waals surface area contributed by atoms with E-state index < -0.39 is 0 Å². The summed E-state index contributed by atoms with van der Waals surface area (Å²) in [5, 5.41) is 0. The zero-order valence-corrected chi connectivity index (χ0v) is 7.71. The lowest BCUT2D eigenvalue weighted by molar-refractivity contribution is 0.0792. The minimum Gasteiger partial charge on any atom is -0.294 e. The van der Waals surface area contributed by atoms with E-state index in [-0.39, 0.29) is 0 Å². The van der Waals surface area contributed by atoms with Crippen molar-refractivity contribution in [2.45, 2.75) is 25.7 Å². The summed E-state index contributed by atoms with van der Waals surface area (Å²) in [5.41, 5.74) is 3.59. The Morgan fingerprint density at radius 2 is 2.00 bits per heavy atom. The molecule has 0 spiro atoms. The molecule has 0 unspecified atom stereocenters. The van der Waals surface area contributed by atoms with Crippen LogP contribution >= 0.6 is 0 Å². The molecular weight excluding hydrogens is 160 g/mol. The minimum absolute atomic E-state index is 0.361. The molecular formula is C12H12O. The van der Waals surface area contributed by atoms with Crippen LogP contribution in [0.3, 0.4) is 0 Å². The predicted octanol–water partition coefficient (Wildman–Crippen LogP) is 2.68. The first-order valence-electron chi connectivity index (χ1n) is 4.90. The van der Waals surface area contributed by atoms with Gasteiger partial charge in [-0.15, -0.1) is 0 Å². The van der Waals surface area contributed by atoms with Crippen molar-refractivity contribution in [3.63, 3.8) is 0 Å². The minimum atomic E-state index is 0.361. The number of carbonyl (C=O) groups is 1. The van der Waals surface area contributed by atoms with E-state index in [2.05, 4.69) is 13.0 Å². The Morgan fingerprint density at radius 3 is 2.77 bits per heavy atom. The Morgan fingerprint density at radius 1 is 1.23 bits per heavy atom. The van der Waals surface area contributed by atoms with Crippen molar-refractivity contribution in [3.05, 3.63) is 34.9 Å².